The lowest BCUT2D eigenvalue weighted by Crippen LogP contribution is -2.19. The monoisotopic (exact) mass is 186 g/mol. The van der Waals surface area contributed by atoms with Gasteiger partial charge in [0, 0.05) is 0 Å². The minimum Gasteiger partial charge on any atom is -0.305 e. The molecule has 0 aromatic carbocycles. The molecule has 0 spiro atoms. The summed E-state index contributed by atoms with van der Waals surface area (Å²) in [5, 5.41) is 0. The molecule has 0 aromatic heterocycles. The number of rotatable bonds is 4. The Balaban J connectivity index is 3.98. The maximum absolute atomic E-state index is 10.3. The lowest BCUT2D eigenvalue weighted by atomic mass is 10.4. The molecule has 4 nitrogen and oxygen atoms in total. The van der Waals surface area contributed by atoms with Crippen LogP contribution in [0.15, 0.2) is 0 Å². The van der Waals surface area contributed by atoms with E-state index in [-0.39, 0.29) is 0 Å². The molecule has 2 unspecified atom stereocenters. The van der Waals surface area contributed by atoms with Gasteiger partial charge < -0.3 is 9.11 Å². The molecule has 0 bridgehead atoms. The molecule has 0 fully saturated rings. The van der Waals surface area contributed by atoms with Crippen LogP contribution in [-0.4, -0.2) is 22.1 Å². The Kier molecular flexibility index (Phi) is 5.06. The van der Waals surface area contributed by atoms with Gasteiger partial charge in [-0.2, -0.15) is 0 Å². The summed E-state index contributed by atoms with van der Waals surface area (Å²) in [4.78, 5) is 0. The Hall–Kier alpha value is 0.220. The first-order chi connectivity index (χ1) is 4.59. The highest BCUT2D eigenvalue weighted by molar-refractivity contribution is 7.97. The molecule has 0 heterocycles. The summed E-state index contributed by atoms with van der Waals surface area (Å²) in [5.74, 6) is 0. The summed E-state index contributed by atoms with van der Waals surface area (Å²) < 4.78 is 36.4. The summed E-state index contributed by atoms with van der Waals surface area (Å²) >= 11 is -4.37. The maximum Gasteiger partial charge on any atom is 0.171 e. The van der Waals surface area contributed by atoms with Gasteiger partial charge in [-0.25, -0.2) is 8.42 Å². The molecule has 0 amide bonds. The van der Waals surface area contributed by atoms with Gasteiger partial charge in [-0.3, -0.25) is 0 Å². The third kappa shape index (κ3) is 3.40. The van der Waals surface area contributed by atoms with E-state index in [1.54, 1.807) is 6.92 Å². The highest BCUT2D eigenvalue weighted by Crippen LogP contribution is 2.06. The standard InChI is InChI=1S/C4H10O4S2/c1-2-3-4(9(5)6)10(7)8/h4H,2-3H2,1H3,(H,5,6)(H,7,8). The molecular weight excluding hydrogens is 176 g/mol. The summed E-state index contributed by atoms with van der Waals surface area (Å²) in [6.45, 7) is 1.78. The van der Waals surface area contributed by atoms with Gasteiger partial charge in [0.1, 0.15) is 0 Å². The average molecular weight is 186 g/mol. The van der Waals surface area contributed by atoms with Gasteiger partial charge in [-0.05, 0) is 6.42 Å². The first-order valence-corrected chi connectivity index (χ1v) is 5.13. The van der Waals surface area contributed by atoms with Crippen molar-refractivity contribution in [2.45, 2.75) is 24.3 Å². The van der Waals surface area contributed by atoms with Crippen molar-refractivity contribution in [3.8, 4) is 0 Å². The lowest BCUT2D eigenvalue weighted by Gasteiger charge is -2.04. The van der Waals surface area contributed by atoms with E-state index in [2.05, 4.69) is 0 Å². The maximum atomic E-state index is 10.3. The summed E-state index contributed by atoms with van der Waals surface area (Å²) in [7, 11) is 0. The second-order valence-electron chi connectivity index (χ2n) is 1.77. The van der Waals surface area contributed by atoms with E-state index in [4.69, 9.17) is 9.11 Å². The highest BCUT2D eigenvalue weighted by Gasteiger charge is 2.19. The smallest absolute Gasteiger partial charge is 0.171 e. The van der Waals surface area contributed by atoms with Crippen LogP contribution in [0, 0.1) is 0 Å². The Bertz CT molecular complexity index is 132. The molecule has 0 aliphatic carbocycles. The van der Waals surface area contributed by atoms with E-state index in [9.17, 15) is 8.42 Å². The van der Waals surface area contributed by atoms with E-state index in [1.165, 1.54) is 0 Å². The Morgan fingerprint density at radius 1 is 1.30 bits per heavy atom. The molecule has 2 atom stereocenters. The predicted molar refractivity (Wildman–Crippen MR) is 40.2 cm³/mol. The van der Waals surface area contributed by atoms with Crippen molar-refractivity contribution in [1.29, 1.82) is 0 Å². The fraction of sp³-hybridized carbons (Fsp3) is 1.00. The van der Waals surface area contributed by atoms with Crippen molar-refractivity contribution >= 4 is 22.2 Å². The molecule has 0 saturated carbocycles. The van der Waals surface area contributed by atoms with Gasteiger partial charge in [0.2, 0.25) is 0 Å². The molecule has 2 N–H and O–H groups in total. The van der Waals surface area contributed by atoms with Gasteiger partial charge in [0.05, 0.1) is 0 Å². The molecule has 0 aliphatic heterocycles. The molecule has 0 aromatic rings. The average Bonchev–Trinajstić information content (AvgIpc) is 1.81. The first-order valence-electron chi connectivity index (χ1n) is 2.79. The molecular formula is C4H10O4S2. The van der Waals surface area contributed by atoms with Crippen LogP contribution in [0.3, 0.4) is 0 Å². The second kappa shape index (κ2) is 4.95. The van der Waals surface area contributed by atoms with Crippen LogP contribution in [0.2, 0.25) is 0 Å². The van der Waals surface area contributed by atoms with Crippen LogP contribution in [0.1, 0.15) is 19.8 Å². The van der Waals surface area contributed by atoms with Crippen molar-refractivity contribution in [1.82, 2.24) is 0 Å². The topological polar surface area (TPSA) is 74.6 Å². The molecule has 0 aliphatic rings. The van der Waals surface area contributed by atoms with E-state index < -0.39 is 26.7 Å². The predicted octanol–water partition coefficient (Wildman–Crippen LogP) is 0.556. The summed E-state index contributed by atoms with van der Waals surface area (Å²) in [6, 6.07) is 0. The normalized spacial score (nSPS) is 19.9. The summed E-state index contributed by atoms with van der Waals surface area (Å²) in [5.41, 5.74) is 0. The van der Waals surface area contributed by atoms with Crippen molar-refractivity contribution in [2.24, 2.45) is 0 Å². The largest absolute Gasteiger partial charge is 0.305 e. The molecule has 0 radical (unpaired) electrons. The van der Waals surface area contributed by atoms with Gasteiger partial charge in [0.15, 0.2) is 26.7 Å². The zero-order valence-electron chi connectivity index (χ0n) is 5.52. The third-order valence-corrected chi connectivity index (χ3v) is 3.33. The summed E-state index contributed by atoms with van der Waals surface area (Å²) in [6.07, 6.45) is 0.926. The molecule has 10 heavy (non-hydrogen) atoms. The fourth-order valence-electron chi connectivity index (χ4n) is 0.508. The Morgan fingerprint density at radius 2 is 1.70 bits per heavy atom. The van der Waals surface area contributed by atoms with Crippen LogP contribution in [-0.2, 0) is 22.2 Å². The van der Waals surface area contributed by atoms with E-state index in [0.717, 1.165) is 0 Å². The van der Waals surface area contributed by atoms with Gasteiger partial charge in [-0.1, -0.05) is 13.3 Å². The third-order valence-electron chi connectivity index (χ3n) is 0.974. The quantitative estimate of drug-likeness (QED) is 0.629. The highest BCUT2D eigenvalue weighted by atomic mass is 32.3. The van der Waals surface area contributed by atoms with Crippen molar-refractivity contribution < 1.29 is 17.5 Å². The minimum atomic E-state index is -2.18. The van der Waals surface area contributed by atoms with Crippen molar-refractivity contribution in [3.63, 3.8) is 0 Å². The SMILES string of the molecule is CCCC(S(=O)O)S(=O)O. The molecule has 0 rings (SSSR count). The second-order valence-corrected chi connectivity index (χ2v) is 4.31. The molecule has 0 saturated heterocycles. The zero-order valence-corrected chi connectivity index (χ0v) is 7.15. The van der Waals surface area contributed by atoms with Crippen molar-refractivity contribution in [3.05, 3.63) is 0 Å². The van der Waals surface area contributed by atoms with Crippen LogP contribution in [0.4, 0.5) is 0 Å². The fourth-order valence-corrected chi connectivity index (χ4v) is 1.95. The van der Waals surface area contributed by atoms with E-state index >= 15 is 0 Å². The van der Waals surface area contributed by atoms with Crippen LogP contribution in [0.25, 0.3) is 0 Å². The van der Waals surface area contributed by atoms with Crippen LogP contribution >= 0.6 is 0 Å². The molecule has 62 valence electrons. The zero-order chi connectivity index (χ0) is 8.15. The number of hydrogen-bond donors (Lipinski definition) is 2. The molecule has 6 heteroatoms. The minimum absolute atomic E-state index is 0.298. The lowest BCUT2D eigenvalue weighted by molar-refractivity contribution is 0.533. The van der Waals surface area contributed by atoms with E-state index in [1.807, 2.05) is 0 Å². The Morgan fingerprint density at radius 3 is 1.80 bits per heavy atom. The van der Waals surface area contributed by atoms with Gasteiger partial charge >= 0.3 is 0 Å². The van der Waals surface area contributed by atoms with Crippen molar-refractivity contribution in [2.75, 3.05) is 0 Å². The van der Waals surface area contributed by atoms with Crippen LogP contribution in [0.5, 0.6) is 0 Å². The van der Waals surface area contributed by atoms with Gasteiger partial charge in [0.25, 0.3) is 0 Å². The Labute approximate surface area is 64.6 Å². The van der Waals surface area contributed by atoms with E-state index in [0.29, 0.717) is 12.8 Å². The van der Waals surface area contributed by atoms with Gasteiger partial charge in [-0.15, -0.1) is 0 Å². The number of hydrogen-bond acceptors (Lipinski definition) is 2. The van der Waals surface area contributed by atoms with Crippen LogP contribution < -0.4 is 0 Å². The first kappa shape index (κ1) is 10.2.